The van der Waals surface area contributed by atoms with Gasteiger partial charge in [-0.25, -0.2) is 17.9 Å². The van der Waals surface area contributed by atoms with Crippen molar-refractivity contribution in [3.8, 4) is 0 Å². The van der Waals surface area contributed by atoms with Crippen LogP contribution in [0.5, 0.6) is 0 Å². The van der Waals surface area contributed by atoms with Crippen molar-refractivity contribution in [2.45, 2.75) is 0 Å². The first-order valence-corrected chi connectivity index (χ1v) is 4.42. The van der Waals surface area contributed by atoms with Gasteiger partial charge in [-0.05, 0) is 0 Å². The number of methoxy groups -OCH3 is 1. The van der Waals surface area contributed by atoms with Crippen LogP contribution in [0.15, 0.2) is 0 Å². The Balaban J connectivity index is 3.92. The van der Waals surface area contributed by atoms with E-state index in [1.165, 1.54) is 7.11 Å². The molecule has 0 aliphatic rings. The van der Waals surface area contributed by atoms with Gasteiger partial charge >= 0.3 is 6.03 Å². The molecule has 0 aliphatic carbocycles. The highest BCUT2D eigenvalue weighted by Crippen LogP contribution is 1.82. The number of carbonyl (C=O) groups excluding carboxylic acids is 1. The highest BCUT2D eigenvalue weighted by molar-refractivity contribution is 7.90. The maximum Gasteiger partial charge on any atom is 0.325 e. The molecule has 0 aromatic rings. The number of carbonyl (C=O) groups is 1. The lowest BCUT2D eigenvalue weighted by Gasteiger charge is -2.01. The lowest BCUT2D eigenvalue weighted by molar-refractivity contribution is 0.216. The summed E-state index contributed by atoms with van der Waals surface area (Å²) < 4.78 is 27.5. The van der Waals surface area contributed by atoms with Crippen molar-refractivity contribution in [2.24, 2.45) is 5.73 Å². The van der Waals surface area contributed by atoms with Gasteiger partial charge in [0.15, 0.2) is 0 Å². The second-order valence-electron chi connectivity index (χ2n) is 1.78. The third-order valence-electron chi connectivity index (χ3n) is 0.812. The second-order valence-corrected chi connectivity index (χ2v) is 3.62. The van der Waals surface area contributed by atoms with Gasteiger partial charge in [-0.3, -0.25) is 0 Å². The van der Waals surface area contributed by atoms with E-state index in [0.29, 0.717) is 0 Å². The third-order valence-corrected chi connectivity index (χ3v) is 2.03. The van der Waals surface area contributed by atoms with Crippen LogP contribution in [0.4, 0.5) is 4.79 Å². The van der Waals surface area contributed by atoms with E-state index in [0.717, 1.165) is 0 Å². The number of ether oxygens (including phenoxy) is 1. The number of hydrogen-bond donors (Lipinski definition) is 2. The molecule has 0 aromatic carbocycles. The molecule has 0 saturated carbocycles. The monoisotopic (exact) mass is 182 g/mol. The fourth-order valence-electron chi connectivity index (χ4n) is 0.397. The number of hydrogen-bond acceptors (Lipinski definition) is 4. The van der Waals surface area contributed by atoms with Crippen LogP contribution in [0, 0.1) is 0 Å². The van der Waals surface area contributed by atoms with Gasteiger partial charge in [0.25, 0.3) is 0 Å². The van der Waals surface area contributed by atoms with Crippen LogP contribution < -0.4 is 10.5 Å². The minimum absolute atomic E-state index is 0.0304. The average molecular weight is 182 g/mol. The Labute approximate surface area is 64.8 Å². The van der Waals surface area contributed by atoms with Crippen LogP contribution in [0.1, 0.15) is 0 Å². The lowest BCUT2D eigenvalue weighted by Crippen LogP contribution is -2.37. The molecule has 66 valence electrons. The predicted octanol–water partition coefficient (Wildman–Crippen LogP) is -1.37. The molecule has 3 N–H and O–H groups in total. The van der Waals surface area contributed by atoms with Crippen LogP contribution in [0.2, 0.25) is 0 Å². The molecule has 0 fully saturated rings. The molecule has 0 heterocycles. The molecular formula is C4H10N2O4S. The van der Waals surface area contributed by atoms with E-state index in [2.05, 4.69) is 10.5 Å². The number of primary amides is 1. The van der Waals surface area contributed by atoms with E-state index < -0.39 is 16.1 Å². The zero-order chi connectivity index (χ0) is 8.91. The summed E-state index contributed by atoms with van der Waals surface area (Å²) in [5.41, 5.74) is 4.58. The van der Waals surface area contributed by atoms with Crippen molar-refractivity contribution < 1.29 is 17.9 Å². The van der Waals surface area contributed by atoms with Crippen LogP contribution in [0.25, 0.3) is 0 Å². The summed E-state index contributed by atoms with van der Waals surface area (Å²) in [6, 6.07) is -1.08. The van der Waals surface area contributed by atoms with Crippen molar-refractivity contribution in [3.63, 3.8) is 0 Å². The quantitative estimate of drug-likeness (QED) is 0.560. The van der Waals surface area contributed by atoms with E-state index >= 15 is 0 Å². The minimum Gasteiger partial charge on any atom is -0.384 e. The average Bonchev–Trinajstić information content (AvgIpc) is 1.81. The maximum absolute atomic E-state index is 10.7. The van der Waals surface area contributed by atoms with Gasteiger partial charge in [-0.1, -0.05) is 0 Å². The number of nitrogens with two attached hydrogens (primary N) is 1. The first-order valence-electron chi connectivity index (χ1n) is 2.77. The van der Waals surface area contributed by atoms with Crippen molar-refractivity contribution >= 4 is 16.1 Å². The van der Waals surface area contributed by atoms with Gasteiger partial charge in [0.2, 0.25) is 10.0 Å². The van der Waals surface area contributed by atoms with Gasteiger partial charge < -0.3 is 10.5 Å². The van der Waals surface area contributed by atoms with Crippen molar-refractivity contribution in [2.75, 3.05) is 19.5 Å². The van der Waals surface area contributed by atoms with Crippen molar-refractivity contribution in [3.05, 3.63) is 0 Å². The van der Waals surface area contributed by atoms with E-state index in [1.807, 2.05) is 0 Å². The summed E-state index contributed by atoms with van der Waals surface area (Å²) in [5.74, 6) is -0.271. The number of nitrogens with one attached hydrogen (secondary N) is 1. The summed E-state index contributed by atoms with van der Waals surface area (Å²) in [4.78, 5) is 10.1. The van der Waals surface area contributed by atoms with Crippen LogP contribution in [-0.2, 0) is 14.8 Å². The molecule has 0 radical (unpaired) electrons. The summed E-state index contributed by atoms with van der Waals surface area (Å²) in [7, 11) is -2.23. The molecule has 0 spiro atoms. The van der Waals surface area contributed by atoms with Gasteiger partial charge in [-0.15, -0.1) is 0 Å². The summed E-state index contributed by atoms with van der Waals surface area (Å²) in [6.45, 7) is 0.0304. The van der Waals surface area contributed by atoms with E-state index in [-0.39, 0.29) is 12.4 Å². The molecule has 0 saturated heterocycles. The number of urea groups is 1. The molecule has 6 nitrogen and oxygen atoms in total. The molecule has 7 heteroatoms. The molecule has 0 unspecified atom stereocenters. The third kappa shape index (κ3) is 5.62. The largest absolute Gasteiger partial charge is 0.384 e. The summed E-state index contributed by atoms with van der Waals surface area (Å²) in [5, 5.41) is 0. The maximum atomic E-state index is 10.7. The second kappa shape index (κ2) is 4.14. The van der Waals surface area contributed by atoms with Crippen molar-refractivity contribution in [1.29, 1.82) is 0 Å². The Hall–Kier alpha value is -0.820. The topological polar surface area (TPSA) is 98.5 Å². The Morgan fingerprint density at radius 1 is 1.64 bits per heavy atom. The normalized spacial score (nSPS) is 11.0. The van der Waals surface area contributed by atoms with Gasteiger partial charge in [0.1, 0.15) is 0 Å². The Kier molecular flexibility index (Phi) is 3.83. The number of rotatable bonds is 4. The Bertz CT molecular complexity index is 222. The van der Waals surface area contributed by atoms with E-state index in [9.17, 15) is 13.2 Å². The van der Waals surface area contributed by atoms with Gasteiger partial charge in [0.05, 0.1) is 12.4 Å². The molecule has 2 amide bonds. The fourth-order valence-corrected chi connectivity index (χ4v) is 1.19. The number of sulfonamides is 1. The van der Waals surface area contributed by atoms with Crippen molar-refractivity contribution in [1.82, 2.24) is 4.72 Å². The summed E-state index contributed by atoms with van der Waals surface area (Å²) >= 11 is 0. The SMILES string of the molecule is COCCS(=O)(=O)NC(N)=O. The molecular weight excluding hydrogens is 172 g/mol. The van der Waals surface area contributed by atoms with E-state index in [1.54, 1.807) is 4.72 Å². The first-order chi connectivity index (χ1) is 4.98. The van der Waals surface area contributed by atoms with Crippen LogP contribution in [-0.4, -0.2) is 33.9 Å². The Morgan fingerprint density at radius 3 is 2.55 bits per heavy atom. The molecule has 0 aliphatic heterocycles. The van der Waals surface area contributed by atoms with E-state index in [4.69, 9.17) is 0 Å². The zero-order valence-corrected chi connectivity index (χ0v) is 6.85. The fraction of sp³-hybridized carbons (Fsp3) is 0.750. The highest BCUT2D eigenvalue weighted by atomic mass is 32.2. The predicted molar refractivity (Wildman–Crippen MR) is 38.4 cm³/mol. The minimum atomic E-state index is -3.59. The molecule has 0 bridgehead atoms. The standard InChI is InChI=1S/C4H10N2O4S/c1-10-2-3-11(8,9)6-4(5)7/h2-3H2,1H3,(H3,5,6,7). The first kappa shape index (κ1) is 10.2. The molecule has 0 atom stereocenters. The smallest absolute Gasteiger partial charge is 0.325 e. The van der Waals surface area contributed by atoms with Crippen LogP contribution in [0.3, 0.4) is 0 Å². The Morgan fingerprint density at radius 2 is 2.18 bits per heavy atom. The van der Waals surface area contributed by atoms with Gasteiger partial charge in [-0.2, -0.15) is 0 Å². The molecule has 0 rings (SSSR count). The molecule has 0 aromatic heterocycles. The lowest BCUT2D eigenvalue weighted by atomic mass is 10.9. The zero-order valence-electron chi connectivity index (χ0n) is 6.03. The van der Waals surface area contributed by atoms with Gasteiger partial charge in [0, 0.05) is 7.11 Å². The molecule has 11 heavy (non-hydrogen) atoms. The van der Waals surface area contributed by atoms with Crippen LogP contribution >= 0.6 is 0 Å². The number of amides is 2. The highest BCUT2D eigenvalue weighted by Gasteiger charge is 2.10. The summed E-state index contributed by atoms with van der Waals surface area (Å²) in [6.07, 6.45) is 0.